The quantitative estimate of drug-likeness (QED) is 0.566. The summed E-state index contributed by atoms with van der Waals surface area (Å²) in [6.07, 6.45) is -5.60. The number of hydrogen-bond donors (Lipinski definition) is 2. The minimum absolute atomic E-state index is 0.485. The molecule has 3 aliphatic heterocycles. The summed E-state index contributed by atoms with van der Waals surface area (Å²) in [5.41, 5.74) is 1.48. The van der Waals surface area contributed by atoms with E-state index in [4.69, 9.17) is 24.5 Å². The maximum Gasteiger partial charge on any atom is 0.490 e. The van der Waals surface area contributed by atoms with Crippen LogP contribution >= 0.6 is 11.3 Å². The molecule has 0 radical (unpaired) electrons. The average Bonchev–Trinajstić information content (AvgIpc) is 3.51. The van der Waals surface area contributed by atoms with E-state index in [0.29, 0.717) is 6.10 Å². The third-order valence-electron chi connectivity index (χ3n) is 6.00. The Kier molecular flexibility index (Phi) is 10.8. The number of aliphatic carboxylic acids is 2. The molecule has 35 heavy (non-hydrogen) atoms. The molecule has 1 aromatic heterocycles. The van der Waals surface area contributed by atoms with Crippen molar-refractivity contribution in [2.45, 2.75) is 44.3 Å². The molecule has 3 atom stereocenters. The minimum atomic E-state index is -5.08. The van der Waals surface area contributed by atoms with Crippen molar-refractivity contribution in [1.82, 2.24) is 9.80 Å². The summed E-state index contributed by atoms with van der Waals surface area (Å²) in [5.74, 6) is -3.94. The van der Waals surface area contributed by atoms with E-state index in [9.17, 15) is 26.3 Å². The molecule has 0 unspecified atom stereocenters. The molecule has 3 saturated heterocycles. The number of piperidine rings is 1. The van der Waals surface area contributed by atoms with Gasteiger partial charge in [0.1, 0.15) is 0 Å². The molecule has 2 N–H and O–H groups in total. The highest BCUT2D eigenvalue weighted by atomic mass is 32.1. The topological polar surface area (TPSA) is 90.3 Å². The van der Waals surface area contributed by atoms with Gasteiger partial charge in [0.05, 0.1) is 12.7 Å². The molecule has 4 rings (SSSR count). The number of rotatable bonds is 4. The van der Waals surface area contributed by atoms with Gasteiger partial charge in [-0.3, -0.25) is 4.90 Å². The van der Waals surface area contributed by atoms with E-state index in [0.717, 1.165) is 25.0 Å². The van der Waals surface area contributed by atoms with Gasteiger partial charge in [-0.25, -0.2) is 9.59 Å². The Morgan fingerprint density at radius 3 is 2.06 bits per heavy atom. The van der Waals surface area contributed by atoms with E-state index in [1.807, 2.05) is 11.3 Å². The monoisotopic (exact) mass is 534 g/mol. The van der Waals surface area contributed by atoms with Crippen molar-refractivity contribution in [3.05, 3.63) is 22.4 Å². The van der Waals surface area contributed by atoms with E-state index in [1.54, 1.807) is 0 Å². The van der Waals surface area contributed by atoms with Crippen LogP contribution < -0.4 is 0 Å². The summed E-state index contributed by atoms with van der Waals surface area (Å²) in [6.45, 7) is 8.37. The van der Waals surface area contributed by atoms with Crippen molar-refractivity contribution in [2.75, 3.05) is 39.3 Å². The fraction of sp³-hybridized carbons (Fsp3) is 0.714. The Morgan fingerprint density at radius 2 is 1.57 bits per heavy atom. The van der Waals surface area contributed by atoms with Gasteiger partial charge in [-0.1, -0.05) is 0 Å². The lowest BCUT2D eigenvalue weighted by atomic mass is 9.84. The number of nitrogens with zero attached hydrogens (tertiary/aromatic N) is 2. The van der Waals surface area contributed by atoms with Crippen LogP contribution in [-0.2, 0) is 20.9 Å². The number of ether oxygens (including phenoxy) is 1. The fourth-order valence-electron chi connectivity index (χ4n) is 4.29. The van der Waals surface area contributed by atoms with Gasteiger partial charge >= 0.3 is 24.3 Å². The molecule has 0 amide bonds. The SMILES string of the molecule is O=C(O)C(F)(F)F.O=C(O)C(F)(F)F.c1cc(CN2CC[C@H]3CO[C@H](CN4CCCC4)[C@H]3C2)cs1. The van der Waals surface area contributed by atoms with Crippen molar-refractivity contribution in [3.63, 3.8) is 0 Å². The Balaban J connectivity index is 0.000000257. The number of alkyl halides is 6. The molecular formula is C21H28F6N2O5S. The van der Waals surface area contributed by atoms with Gasteiger partial charge in [0, 0.05) is 25.6 Å². The predicted octanol–water partition coefficient (Wildman–Crippen LogP) is 3.95. The Hall–Kier alpha value is -1.90. The number of fused-ring (bicyclic) bond motifs is 1. The molecule has 0 saturated carbocycles. The highest BCUT2D eigenvalue weighted by Crippen LogP contribution is 2.35. The first-order valence-electron chi connectivity index (χ1n) is 10.9. The maximum absolute atomic E-state index is 10.6. The third kappa shape index (κ3) is 9.94. The van der Waals surface area contributed by atoms with Gasteiger partial charge in [-0.05, 0) is 67.2 Å². The van der Waals surface area contributed by atoms with Crippen LogP contribution in [0.3, 0.4) is 0 Å². The van der Waals surface area contributed by atoms with E-state index in [1.165, 1.54) is 57.5 Å². The van der Waals surface area contributed by atoms with Crippen LogP contribution in [0.2, 0.25) is 0 Å². The van der Waals surface area contributed by atoms with Crippen LogP contribution in [0.25, 0.3) is 0 Å². The van der Waals surface area contributed by atoms with Crippen LogP contribution in [0.15, 0.2) is 16.8 Å². The van der Waals surface area contributed by atoms with Crippen molar-refractivity contribution in [2.24, 2.45) is 11.8 Å². The van der Waals surface area contributed by atoms with Crippen LogP contribution in [0, 0.1) is 11.8 Å². The number of hydrogen-bond acceptors (Lipinski definition) is 6. The molecule has 0 aromatic carbocycles. The molecule has 0 bridgehead atoms. The van der Waals surface area contributed by atoms with Gasteiger partial charge in [-0.2, -0.15) is 37.7 Å². The Labute approximate surface area is 202 Å². The minimum Gasteiger partial charge on any atom is -0.475 e. The molecular weight excluding hydrogens is 506 g/mol. The molecule has 3 aliphatic rings. The second kappa shape index (κ2) is 12.9. The van der Waals surface area contributed by atoms with E-state index in [-0.39, 0.29) is 0 Å². The zero-order valence-corrected chi connectivity index (χ0v) is 19.5. The molecule has 3 fully saturated rings. The molecule has 1 aromatic rings. The third-order valence-corrected chi connectivity index (χ3v) is 6.73. The van der Waals surface area contributed by atoms with Crippen molar-refractivity contribution >= 4 is 23.3 Å². The first-order chi connectivity index (χ1) is 16.3. The van der Waals surface area contributed by atoms with Gasteiger partial charge in [0.15, 0.2) is 0 Å². The number of carboxylic acid groups (broad SMARTS) is 2. The number of thiophene rings is 1. The largest absolute Gasteiger partial charge is 0.490 e. The number of carboxylic acids is 2. The summed E-state index contributed by atoms with van der Waals surface area (Å²) in [7, 11) is 0. The molecule has 4 heterocycles. The van der Waals surface area contributed by atoms with E-state index >= 15 is 0 Å². The van der Waals surface area contributed by atoms with Gasteiger partial charge in [-0.15, -0.1) is 0 Å². The fourth-order valence-corrected chi connectivity index (χ4v) is 4.95. The first kappa shape index (κ1) is 29.3. The first-order valence-corrected chi connectivity index (χ1v) is 11.9. The molecule has 0 spiro atoms. The lowest BCUT2D eigenvalue weighted by Crippen LogP contribution is -2.44. The van der Waals surface area contributed by atoms with Gasteiger partial charge in [0.2, 0.25) is 0 Å². The Morgan fingerprint density at radius 1 is 1.00 bits per heavy atom. The number of halogens is 6. The van der Waals surface area contributed by atoms with Gasteiger partial charge < -0.3 is 19.8 Å². The lowest BCUT2D eigenvalue weighted by molar-refractivity contribution is -0.193. The molecule has 14 heteroatoms. The van der Waals surface area contributed by atoms with E-state index < -0.39 is 24.3 Å². The van der Waals surface area contributed by atoms with Crippen molar-refractivity contribution in [3.8, 4) is 0 Å². The molecule has 7 nitrogen and oxygen atoms in total. The summed E-state index contributed by atoms with van der Waals surface area (Å²) in [6, 6.07) is 2.27. The Bertz CT molecular complexity index is 775. The normalized spacial score (nSPS) is 25.1. The number of carbonyl (C=O) groups is 2. The standard InChI is InChI=1S/C17H26N2OS.2C2HF3O2/c1-2-6-18(5-1)11-17-16-10-19(7-3-15(16)12-20-17)9-14-4-8-21-13-14;2*3-2(4,5)1(6)7/h4,8,13,15-17H,1-3,5-7,9-12H2;2*(H,6,7)/t15-,16-,17+;;/m0../s1. The van der Waals surface area contributed by atoms with Crippen LogP contribution in [0.5, 0.6) is 0 Å². The average molecular weight is 535 g/mol. The van der Waals surface area contributed by atoms with Crippen LogP contribution in [0.4, 0.5) is 26.3 Å². The van der Waals surface area contributed by atoms with E-state index in [2.05, 4.69) is 26.6 Å². The van der Waals surface area contributed by atoms with Crippen molar-refractivity contribution < 1.29 is 50.9 Å². The predicted molar refractivity (Wildman–Crippen MR) is 114 cm³/mol. The van der Waals surface area contributed by atoms with Crippen LogP contribution in [0.1, 0.15) is 24.8 Å². The second-order valence-corrected chi connectivity index (χ2v) is 9.34. The zero-order chi connectivity index (χ0) is 26.2. The second-order valence-electron chi connectivity index (χ2n) is 8.56. The summed E-state index contributed by atoms with van der Waals surface area (Å²) >= 11 is 1.81. The summed E-state index contributed by atoms with van der Waals surface area (Å²) in [4.78, 5) is 23.1. The smallest absolute Gasteiger partial charge is 0.475 e. The molecule has 200 valence electrons. The van der Waals surface area contributed by atoms with Gasteiger partial charge in [0.25, 0.3) is 0 Å². The highest BCUT2D eigenvalue weighted by Gasteiger charge is 2.41. The lowest BCUT2D eigenvalue weighted by Gasteiger charge is -2.36. The summed E-state index contributed by atoms with van der Waals surface area (Å²) in [5, 5.41) is 18.7. The highest BCUT2D eigenvalue weighted by molar-refractivity contribution is 7.07. The zero-order valence-electron chi connectivity index (χ0n) is 18.7. The number of likely N-dealkylation sites (tertiary alicyclic amines) is 2. The van der Waals surface area contributed by atoms with Crippen molar-refractivity contribution in [1.29, 1.82) is 0 Å². The summed E-state index contributed by atoms with van der Waals surface area (Å²) < 4.78 is 69.7. The maximum atomic E-state index is 10.6. The van der Waals surface area contributed by atoms with Crippen LogP contribution in [-0.4, -0.2) is 89.7 Å². The molecule has 0 aliphatic carbocycles.